The molecule has 0 saturated heterocycles. The quantitative estimate of drug-likeness (QED) is 0.547. The summed E-state index contributed by atoms with van der Waals surface area (Å²) in [6.07, 6.45) is 0.560. The van der Waals surface area contributed by atoms with E-state index in [0.29, 0.717) is 6.42 Å². The van der Waals surface area contributed by atoms with Crippen LogP contribution < -0.4 is 5.73 Å². The molecule has 0 rings (SSSR count). The van der Waals surface area contributed by atoms with Gasteiger partial charge < -0.3 is 10.6 Å². The Balaban J connectivity index is 3.82. The molecule has 0 aromatic heterocycles. The third kappa shape index (κ3) is 2.46. The molecule has 0 amide bonds. The second-order valence-corrected chi connectivity index (χ2v) is 4.47. The lowest BCUT2D eigenvalue weighted by molar-refractivity contribution is 0.468. The number of hydrogen-bond donors (Lipinski definition) is 2. The molecule has 50 valence electrons. The van der Waals surface area contributed by atoms with Crippen LogP contribution in [0.4, 0.5) is 0 Å². The molecule has 0 aromatic carbocycles. The van der Waals surface area contributed by atoms with Gasteiger partial charge in [-0.1, -0.05) is 6.92 Å². The van der Waals surface area contributed by atoms with E-state index < -0.39 is 13.2 Å². The van der Waals surface area contributed by atoms with Crippen LogP contribution in [0, 0.1) is 0 Å². The molecule has 4 heteroatoms. The molecular weight excluding hydrogens is 125 g/mol. The highest BCUT2D eigenvalue weighted by Crippen LogP contribution is 2.39. The minimum Gasteiger partial charge on any atom is -0.343 e. The van der Waals surface area contributed by atoms with E-state index in [4.69, 9.17) is 10.6 Å². The van der Waals surface area contributed by atoms with E-state index in [9.17, 15) is 4.57 Å². The largest absolute Gasteiger partial charge is 0.343 e. The highest BCUT2D eigenvalue weighted by atomic mass is 31.2. The van der Waals surface area contributed by atoms with Gasteiger partial charge >= 0.3 is 0 Å². The molecule has 8 heavy (non-hydrogen) atoms. The summed E-state index contributed by atoms with van der Waals surface area (Å²) in [4.78, 5) is 8.72. The van der Waals surface area contributed by atoms with Crippen molar-refractivity contribution in [2.75, 3.05) is 6.66 Å². The third-order valence-electron chi connectivity index (χ3n) is 1.03. The van der Waals surface area contributed by atoms with Gasteiger partial charge in [-0.05, 0) is 6.42 Å². The molecule has 0 aliphatic carbocycles. The number of rotatable bonds is 2. The van der Waals surface area contributed by atoms with Gasteiger partial charge in [-0.2, -0.15) is 0 Å². The normalized spacial score (nSPS) is 22.0. The van der Waals surface area contributed by atoms with Crippen LogP contribution in [0.1, 0.15) is 13.3 Å². The van der Waals surface area contributed by atoms with Gasteiger partial charge in [0.2, 0.25) is 7.37 Å². The maximum absolute atomic E-state index is 10.6. The predicted molar refractivity (Wildman–Crippen MR) is 34.0 cm³/mol. The fourth-order valence-corrected chi connectivity index (χ4v) is 1.02. The Hall–Kier alpha value is 0.150. The standard InChI is InChI=1S/C4H12NO2P/c1-3-4(5)8(2,6)7/h4H,3,5H2,1-2H3,(H,6,7). The monoisotopic (exact) mass is 137 g/mol. The van der Waals surface area contributed by atoms with Crippen molar-refractivity contribution in [2.45, 2.75) is 19.1 Å². The van der Waals surface area contributed by atoms with Gasteiger partial charge in [0.05, 0.1) is 5.78 Å². The zero-order valence-electron chi connectivity index (χ0n) is 5.16. The van der Waals surface area contributed by atoms with Crippen LogP contribution in [-0.2, 0) is 4.57 Å². The van der Waals surface area contributed by atoms with Crippen molar-refractivity contribution < 1.29 is 9.46 Å². The molecule has 0 saturated carbocycles. The first-order valence-corrected chi connectivity index (χ1v) is 4.71. The lowest BCUT2D eigenvalue weighted by Gasteiger charge is -2.10. The van der Waals surface area contributed by atoms with Gasteiger partial charge in [-0.25, -0.2) is 0 Å². The summed E-state index contributed by atoms with van der Waals surface area (Å²) >= 11 is 0. The summed E-state index contributed by atoms with van der Waals surface area (Å²) in [7, 11) is -2.98. The lowest BCUT2D eigenvalue weighted by atomic mass is 10.5. The summed E-state index contributed by atoms with van der Waals surface area (Å²) in [5, 5.41) is 0. The fraction of sp³-hybridized carbons (Fsp3) is 1.00. The van der Waals surface area contributed by atoms with E-state index in [1.807, 2.05) is 0 Å². The molecule has 3 N–H and O–H groups in total. The second kappa shape index (κ2) is 2.62. The van der Waals surface area contributed by atoms with Gasteiger partial charge in [0.1, 0.15) is 0 Å². The molecule has 0 aliphatic rings. The highest BCUT2D eigenvalue weighted by molar-refractivity contribution is 7.57. The van der Waals surface area contributed by atoms with Gasteiger partial charge in [0, 0.05) is 6.66 Å². The van der Waals surface area contributed by atoms with E-state index in [2.05, 4.69) is 0 Å². The SMILES string of the molecule is CCC(N)P(C)(=O)O. The molecule has 0 bridgehead atoms. The first-order valence-electron chi connectivity index (χ1n) is 2.54. The summed E-state index contributed by atoms with van der Waals surface area (Å²) in [5.41, 5.74) is 5.24. The molecule has 0 fully saturated rings. The summed E-state index contributed by atoms with van der Waals surface area (Å²) < 4.78 is 10.6. The Morgan fingerprint density at radius 1 is 1.88 bits per heavy atom. The van der Waals surface area contributed by atoms with Gasteiger partial charge in [0.25, 0.3) is 0 Å². The zero-order chi connectivity index (χ0) is 6.78. The van der Waals surface area contributed by atoms with E-state index in [1.54, 1.807) is 6.92 Å². The lowest BCUT2D eigenvalue weighted by Crippen LogP contribution is -2.17. The predicted octanol–water partition coefficient (Wildman–Crippen LogP) is 0.581. The van der Waals surface area contributed by atoms with Gasteiger partial charge in [-0.15, -0.1) is 0 Å². The molecule has 0 radical (unpaired) electrons. The summed E-state index contributed by atoms with van der Waals surface area (Å²) in [6, 6.07) is 0. The van der Waals surface area contributed by atoms with E-state index in [1.165, 1.54) is 6.66 Å². The van der Waals surface area contributed by atoms with E-state index in [0.717, 1.165) is 0 Å². The Morgan fingerprint density at radius 3 is 2.25 bits per heavy atom. The first-order chi connectivity index (χ1) is 3.48. The van der Waals surface area contributed by atoms with Crippen LogP contribution in [0.5, 0.6) is 0 Å². The van der Waals surface area contributed by atoms with Crippen molar-refractivity contribution in [1.29, 1.82) is 0 Å². The van der Waals surface area contributed by atoms with Gasteiger partial charge in [0.15, 0.2) is 0 Å². The van der Waals surface area contributed by atoms with E-state index in [-0.39, 0.29) is 0 Å². The van der Waals surface area contributed by atoms with Crippen molar-refractivity contribution in [3.05, 3.63) is 0 Å². The van der Waals surface area contributed by atoms with Crippen LogP contribution in [0.3, 0.4) is 0 Å². The first kappa shape index (κ1) is 8.15. The molecule has 2 unspecified atom stereocenters. The Morgan fingerprint density at radius 2 is 2.25 bits per heavy atom. The smallest absolute Gasteiger partial charge is 0.213 e. The van der Waals surface area contributed by atoms with E-state index >= 15 is 0 Å². The molecule has 0 aliphatic heterocycles. The van der Waals surface area contributed by atoms with Crippen LogP contribution in [0.2, 0.25) is 0 Å². The molecule has 3 nitrogen and oxygen atoms in total. The molecule has 0 heterocycles. The van der Waals surface area contributed by atoms with Crippen LogP contribution in [-0.4, -0.2) is 17.3 Å². The van der Waals surface area contributed by atoms with Crippen LogP contribution in [0.25, 0.3) is 0 Å². The second-order valence-electron chi connectivity index (χ2n) is 1.92. The molecule has 2 atom stereocenters. The molecular formula is C4H12NO2P. The zero-order valence-corrected chi connectivity index (χ0v) is 6.06. The minimum absolute atomic E-state index is 0.539. The maximum Gasteiger partial charge on any atom is 0.213 e. The highest BCUT2D eigenvalue weighted by Gasteiger charge is 2.17. The topological polar surface area (TPSA) is 63.3 Å². The molecule has 0 spiro atoms. The Bertz CT molecular complexity index is 109. The van der Waals surface area contributed by atoms with Crippen LogP contribution >= 0.6 is 7.37 Å². The third-order valence-corrected chi connectivity index (χ3v) is 2.63. The Labute approximate surface area is 49.3 Å². The van der Waals surface area contributed by atoms with Crippen LogP contribution in [0.15, 0.2) is 0 Å². The minimum atomic E-state index is -2.98. The van der Waals surface area contributed by atoms with Crippen molar-refractivity contribution in [3.8, 4) is 0 Å². The summed E-state index contributed by atoms with van der Waals surface area (Å²) in [5.74, 6) is -0.539. The van der Waals surface area contributed by atoms with Crippen molar-refractivity contribution in [1.82, 2.24) is 0 Å². The Kier molecular flexibility index (Phi) is 2.67. The molecule has 0 aromatic rings. The average Bonchev–Trinajstić information content (AvgIpc) is 1.62. The maximum atomic E-state index is 10.6. The van der Waals surface area contributed by atoms with Crippen molar-refractivity contribution in [3.63, 3.8) is 0 Å². The average molecular weight is 137 g/mol. The number of nitrogens with two attached hydrogens (primary N) is 1. The van der Waals surface area contributed by atoms with Gasteiger partial charge in [-0.3, -0.25) is 4.57 Å². The summed E-state index contributed by atoms with van der Waals surface area (Å²) in [6.45, 7) is 3.07. The van der Waals surface area contributed by atoms with Crippen molar-refractivity contribution >= 4 is 7.37 Å². The fourth-order valence-electron chi connectivity index (χ4n) is 0.339. The number of hydrogen-bond acceptors (Lipinski definition) is 2. The van der Waals surface area contributed by atoms with Crippen molar-refractivity contribution in [2.24, 2.45) is 5.73 Å².